The molecule has 12 nitrogen and oxygen atoms in total. The summed E-state index contributed by atoms with van der Waals surface area (Å²) in [5, 5.41) is 16.9. The first-order chi connectivity index (χ1) is 19.8. The van der Waals surface area contributed by atoms with Gasteiger partial charge in [-0.15, -0.1) is 0 Å². The Morgan fingerprint density at radius 3 is 2.59 bits per heavy atom. The minimum atomic E-state index is -0.606. The maximum atomic E-state index is 13.0. The summed E-state index contributed by atoms with van der Waals surface area (Å²) in [6, 6.07) is 6.69. The summed E-state index contributed by atoms with van der Waals surface area (Å²) in [7, 11) is 0. The first-order valence-corrected chi connectivity index (χ1v) is 14.9. The Bertz CT molecular complexity index is 1360. The molecule has 8 N–H and O–H groups in total. The number of carbonyl (C=O) groups is 1. The summed E-state index contributed by atoms with van der Waals surface area (Å²) in [5.41, 5.74) is 12.6. The molecule has 1 aromatic carbocycles. The van der Waals surface area contributed by atoms with Gasteiger partial charge >= 0.3 is 5.69 Å². The van der Waals surface area contributed by atoms with Gasteiger partial charge in [-0.1, -0.05) is 6.07 Å². The van der Waals surface area contributed by atoms with E-state index in [4.69, 9.17) is 21.6 Å². The number of fused-ring (bicyclic) bond motifs is 2. The highest BCUT2D eigenvalue weighted by Crippen LogP contribution is 2.43. The number of ether oxygens (including phenoxy) is 1. The zero-order valence-corrected chi connectivity index (χ0v) is 23.5. The SMILES string of the molecule is N=C(N)NCCCNC1CCC(n2cc3c(nc2=O)Nc2cc(C4CCN(C(=O)C5(N)CC5)CC4)ccc2O3)CC1. The van der Waals surface area contributed by atoms with E-state index in [0.717, 1.165) is 83.1 Å². The van der Waals surface area contributed by atoms with E-state index in [1.165, 1.54) is 5.56 Å². The lowest BCUT2D eigenvalue weighted by atomic mass is 9.88. The average Bonchev–Trinajstić information content (AvgIpc) is 3.73. The first kappa shape index (κ1) is 27.5. The molecule has 220 valence electrons. The van der Waals surface area contributed by atoms with Crippen molar-refractivity contribution in [2.75, 3.05) is 31.5 Å². The van der Waals surface area contributed by atoms with Crippen LogP contribution in [-0.4, -0.2) is 64.1 Å². The molecule has 0 radical (unpaired) electrons. The quantitative estimate of drug-likeness (QED) is 0.136. The third-order valence-corrected chi connectivity index (χ3v) is 9.05. The number of carbonyl (C=O) groups excluding carboxylic acids is 1. The molecule has 0 spiro atoms. The van der Waals surface area contributed by atoms with E-state index in [2.05, 4.69) is 33.1 Å². The molecule has 12 heteroatoms. The van der Waals surface area contributed by atoms with Crippen LogP contribution in [0, 0.1) is 5.41 Å². The van der Waals surface area contributed by atoms with Crippen molar-refractivity contribution in [1.29, 1.82) is 5.41 Å². The van der Waals surface area contributed by atoms with Crippen molar-refractivity contribution in [2.24, 2.45) is 11.5 Å². The maximum Gasteiger partial charge on any atom is 0.350 e. The topological polar surface area (TPSA) is 176 Å². The largest absolute Gasteiger partial charge is 0.450 e. The molecule has 2 aliphatic carbocycles. The minimum Gasteiger partial charge on any atom is -0.450 e. The predicted octanol–water partition coefficient (Wildman–Crippen LogP) is 2.24. The van der Waals surface area contributed by atoms with Crippen molar-refractivity contribution in [3.63, 3.8) is 0 Å². The molecular formula is C29H41N9O3. The molecule has 4 aliphatic rings. The molecule has 0 atom stereocenters. The molecule has 1 amide bonds. The van der Waals surface area contributed by atoms with Gasteiger partial charge in [0.25, 0.3) is 0 Å². The highest BCUT2D eigenvalue weighted by Gasteiger charge is 2.48. The molecule has 1 aromatic heterocycles. The molecule has 41 heavy (non-hydrogen) atoms. The monoisotopic (exact) mass is 563 g/mol. The third kappa shape index (κ3) is 6.03. The van der Waals surface area contributed by atoms with Crippen molar-refractivity contribution < 1.29 is 9.53 Å². The van der Waals surface area contributed by atoms with Gasteiger partial charge in [0.05, 0.1) is 17.4 Å². The van der Waals surface area contributed by atoms with Gasteiger partial charge in [-0.3, -0.25) is 14.8 Å². The van der Waals surface area contributed by atoms with E-state index >= 15 is 0 Å². The second-order valence-electron chi connectivity index (χ2n) is 12.0. The smallest absolute Gasteiger partial charge is 0.350 e. The van der Waals surface area contributed by atoms with Crippen LogP contribution < -0.4 is 37.8 Å². The molecular weight excluding hydrogens is 522 g/mol. The van der Waals surface area contributed by atoms with Crippen molar-refractivity contribution in [1.82, 2.24) is 25.1 Å². The fourth-order valence-electron chi connectivity index (χ4n) is 6.37. The van der Waals surface area contributed by atoms with Crippen LogP contribution in [-0.2, 0) is 4.79 Å². The number of likely N-dealkylation sites (tertiary alicyclic amines) is 1. The summed E-state index contributed by atoms with van der Waals surface area (Å²) in [4.78, 5) is 31.9. The second kappa shape index (κ2) is 11.3. The normalized spacial score (nSPS) is 23.0. The highest BCUT2D eigenvalue weighted by atomic mass is 16.5. The standard InChI is InChI=1S/C29H41N9O3/c30-27(31)34-13-1-12-33-20-3-5-21(6-4-20)38-17-24-25(36-28(38)40)35-22-16-19(2-7-23(22)41-24)18-8-14-37(15-9-18)26(39)29(32)10-11-29/h2,7,16-18,20-21,33H,1,3-6,8-15,32H2,(H4,30,31,34)(H,35,36,40). The van der Waals surface area contributed by atoms with E-state index in [9.17, 15) is 9.59 Å². The van der Waals surface area contributed by atoms with Crippen LogP contribution in [0.4, 0.5) is 11.5 Å². The van der Waals surface area contributed by atoms with Crippen molar-refractivity contribution in [3.05, 3.63) is 40.4 Å². The Morgan fingerprint density at radius 1 is 1.12 bits per heavy atom. The number of nitrogens with two attached hydrogens (primary N) is 2. The van der Waals surface area contributed by atoms with E-state index in [-0.39, 0.29) is 23.6 Å². The Morgan fingerprint density at radius 2 is 1.88 bits per heavy atom. The number of nitrogens with one attached hydrogen (secondary N) is 4. The molecule has 2 aromatic rings. The Hall–Kier alpha value is -3.64. The Labute approximate surface area is 239 Å². The summed E-state index contributed by atoms with van der Waals surface area (Å²) in [5.74, 6) is 2.18. The maximum absolute atomic E-state index is 13.0. The number of guanidine groups is 1. The first-order valence-electron chi connectivity index (χ1n) is 14.9. The van der Waals surface area contributed by atoms with Gasteiger partial charge in [0.2, 0.25) is 5.91 Å². The number of hydrogen-bond donors (Lipinski definition) is 6. The molecule has 2 aliphatic heterocycles. The van der Waals surface area contributed by atoms with E-state index < -0.39 is 5.54 Å². The van der Waals surface area contributed by atoms with Gasteiger partial charge in [-0.05, 0) is 87.9 Å². The van der Waals surface area contributed by atoms with E-state index in [0.29, 0.717) is 35.8 Å². The van der Waals surface area contributed by atoms with Gasteiger partial charge in [-0.2, -0.15) is 4.98 Å². The fraction of sp³-hybridized carbons (Fsp3) is 0.586. The zero-order valence-electron chi connectivity index (χ0n) is 23.5. The highest BCUT2D eigenvalue weighted by molar-refractivity contribution is 5.89. The summed E-state index contributed by atoms with van der Waals surface area (Å²) in [6.07, 6.45) is 9.86. The van der Waals surface area contributed by atoms with Gasteiger partial charge < -0.3 is 37.1 Å². The molecule has 1 saturated heterocycles. The molecule has 0 unspecified atom stereocenters. The van der Waals surface area contributed by atoms with Crippen LogP contribution in [0.3, 0.4) is 0 Å². The van der Waals surface area contributed by atoms with Crippen molar-refractivity contribution in [3.8, 4) is 11.5 Å². The number of hydrogen-bond acceptors (Lipinski definition) is 8. The van der Waals surface area contributed by atoms with Crippen LogP contribution in [0.2, 0.25) is 0 Å². The molecule has 0 bridgehead atoms. The summed E-state index contributed by atoms with van der Waals surface area (Å²) < 4.78 is 7.95. The van der Waals surface area contributed by atoms with Crippen LogP contribution in [0.25, 0.3) is 0 Å². The number of anilines is 2. The van der Waals surface area contributed by atoms with Gasteiger partial charge in [0, 0.05) is 31.7 Å². The zero-order chi connectivity index (χ0) is 28.6. The number of benzene rings is 1. The van der Waals surface area contributed by atoms with E-state index in [1.807, 2.05) is 11.0 Å². The van der Waals surface area contributed by atoms with E-state index in [1.54, 1.807) is 10.8 Å². The lowest BCUT2D eigenvalue weighted by Gasteiger charge is -2.34. The number of amides is 1. The minimum absolute atomic E-state index is 0.00248. The Balaban J connectivity index is 1.04. The van der Waals surface area contributed by atoms with Crippen LogP contribution in [0.15, 0.2) is 29.2 Å². The predicted molar refractivity (Wildman–Crippen MR) is 157 cm³/mol. The van der Waals surface area contributed by atoms with Crippen LogP contribution >= 0.6 is 0 Å². The average molecular weight is 564 g/mol. The van der Waals surface area contributed by atoms with Crippen LogP contribution in [0.1, 0.15) is 75.3 Å². The second-order valence-corrected chi connectivity index (χ2v) is 12.0. The molecule has 2 saturated carbocycles. The third-order valence-electron chi connectivity index (χ3n) is 9.05. The lowest BCUT2D eigenvalue weighted by molar-refractivity contribution is -0.134. The van der Waals surface area contributed by atoms with Crippen molar-refractivity contribution >= 4 is 23.4 Å². The summed E-state index contributed by atoms with van der Waals surface area (Å²) in [6.45, 7) is 3.00. The number of rotatable bonds is 8. The number of nitrogens with zero attached hydrogens (tertiary/aromatic N) is 3. The van der Waals surface area contributed by atoms with Gasteiger partial charge in [0.15, 0.2) is 23.3 Å². The summed E-state index contributed by atoms with van der Waals surface area (Å²) >= 11 is 0. The molecule has 3 heterocycles. The number of aromatic nitrogens is 2. The lowest BCUT2D eigenvalue weighted by Crippen LogP contribution is -2.48. The van der Waals surface area contributed by atoms with Crippen molar-refractivity contribution in [2.45, 2.75) is 81.3 Å². The number of piperidine rings is 1. The van der Waals surface area contributed by atoms with Gasteiger partial charge in [-0.25, -0.2) is 4.79 Å². The fourth-order valence-corrected chi connectivity index (χ4v) is 6.37. The van der Waals surface area contributed by atoms with Gasteiger partial charge in [0.1, 0.15) is 0 Å². The Kier molecular flexibility index (Phi) is 7.60. The molecule has 3 fully saturated rings. The molecule has 6 rings (SSSR count). The van der Waals surface area contributed by atoms with Crippen LogP contribution in [0.5, 0.6) is 11.5 Å².